The molecule has 0 radical (unpaired) electrons. The van der Waals surface area contributed by atoms with Crippen molar-refractivity contribution in [2.24, 2.45) is 10.8 Å². The number of esters is 2. The molecule has 1 fully saturated rings. The van der Waals surface area contributed by atoms with E-state index in [4.69, 9.17) is 33.9 Å². The first-order chi connectivity index (χ1) is 17.2. The van der Waals surface area contributed by atoms with Crippen LogP contribution in [-0.4, -0.2) is 89.8 Å². The van der Waals surface area contributed by atoms with E-state index in [0.29, 0.717) is 0 Å². The molecule has 230 valence electrons. The molecule has 0 aromatic heterocycles. The van der Waals surface area contributed by atoms with Gasteiger partial charge in [-0.15, -0.1) is 0 Å². The summed E-state index contributed by atoms with van der Waals surface area (Å²) in [6.45, 7) is 20.7. The molecule has 11 heteroatoms. The van der Waals surface area contributed by atoms with Crippen LogP contribution < -0.4 is 0 Å². The molecule has 0 amide bonds. The molecule has 1 aliphatic rings. The van der Waals surface area contributed by atoms with Crippen LogP contribution in [0.25, 0.3) is 0 Å². The van der Waals surface area contributed by atoms with Crippen LogP contribution in [0.1, 0.15) is 90.0 Å². The van der Waals surface area contributed by atoms with Crippen LogP contribution in [-0.2, 0) is 42.9 Å². The minimum atomic E-state index is -1.84. The maximum atomic E-state index is 12.2. The molecule has 2 N–H and O–H groups in total. The standard InChI is InChI=1S/C13H22O5.C10H18O5.C5H12O/c1-9(14)13(10(15)18-11(2,3)4)7-16-12(5,6)17-8-13;1-7(13)10(5-11,6-12)8(14)15-9(2,3)4;1-5(2,3)6-4/h7-8H2,1-6H3;11-12H,5-6H2,1-4H3;1-4H3. The number of rotatable bonds is 6. The van der Waals surface area contributed by atoms with Gasteiger partial charge in [-0.05, 0) is 90.0 Å². The average Bonchev–Trinajstić information content (AvgIpc) is 2.72. The van der Waals surface area contributed by atoms with E-state index in [1.165, 1.54) is 6.92 Å². The molecule has 0 atom stereocenters. The van der Waals surface area contributed by atoms with Crippen LogP contribution in [0.3, 0.4) is 0 Å². The summed E-state index contributed by atoms with van der Waals surface area (Å²) in [5, 5.41) is 18.1. The average molecular weight is 565 g/mol. The maximum Gasteiger partial charge on any atom is 0.324 e. The number of carbonyl (C=O) groups is 4. The van der Waals surface area contributed by atoms with Gasteiger partial charge in [-0.25, -0.2) is 0 Å². The van der Waals surface area contributed by atoms with E-state index in [2.05, 4.69) is 0 Å². The summed E-state index contributed by atoms with van der Waals surface area (Å²) in [5.41, 5.74) is -4.55. The van der Waals surface area contributed by atoms with Crippen molar-refractivity contribution in [3.63, 3.8) is 0 Å². The smallest absolute Gasteiger partial charge is 0.324 e. The van der Waals surface area contributed by atoms with Gasteiger partial charge in [-0.1, -0.05) is 0 Å². The molecule has 0 aliphatic carbocycles. The van der Waals surface area contributed by atoms with E-state index in [0.717, 1.165) is 6.92 Å². The van der Waals surface area contributed by atoms with Crippen molar-refractivity contribution >= 4 is 23.5 Å². The molecule has 0 bridgehead atoms. The number of hydrogen-bond acceptors (Lipinski definition) is 11. The fourth-order valence-corrected chi connectivity index (χ4v) is 2.44. The van der Waals surface area contributed by atoms with Crippen molar-refractivity contribution in [2.45, 2.75) is 113 Å². The highest BCUT2D eigenvalue weighted by atomic mass is 16.7. The van der Waals surface area contributed by atoms with E-state index in [9.17, 15) is 19.2 Å². The minimum Gasteiger partial charge on any atom is -0.459 e. The SMILES string of the molecule is CC(=O)C(CO)(CO)C(=O)OC(C)(C)C.CC(=O)C1(C(=O)OC(C)(C)C)COC(C)(C)OC1.COC(C)(C)C. The lowest BCUT2D eigenvalue weighted by Gasteiger charge is -2.41. The van der Waals surface area contributed by atoms with Gasteiger partial charge in [-0.2, -0.15) is 0 Å². The fraction of sp³-hybridized carbons (Fsp3) is 0.857. The molecule has 1 aliphatic heterocycles. The van der Waals surface area contributed by atoms with Gasteiger partial charge in [0.25, 0.3) is 0 Å². The molecular formula is C28H52O11. The van der Waals surface area contributed by atoms with Gasteiger partial charge in [-0.3, -0.25) is 19.2 Å². The summed E-state index contributed by atoms with van der Waals surface area (Å²) in [6, 6.07) is 0. The number of ketones is 2. The molecule has 1 heterocycles. The predicted octanol–water partition coefficient (Wildman–Crippen LogP) is 3.01. The first kappa shape index (κ1) is 39.2. The Balaban J connectivity index is 0. The monoisotopic (exact) mass is 564 g/mol. The highest BCUT2D eigenvalue weighted by Gasteiger charge is 2.52. The van der Waals surface area contributed by atoms with Gasteiger partial charge in [0.2, 0.25) is 0 Å². The number of aliphatic hydroxyl groups excluding tert-OH is 2. The lowest BCUT2D eigenvalue weighted by Crippen LogP contribution is -2.55. The van der Waals surface area contributed by atoms with E-state index >= 15 is 0 Å². The fourth-order valence-electron chi connectivity index (χ4n) is 2.44. The van der Waals surface area contributed by atoms with Crippen LogP contribution in [0.2, 0.25) is 0 Å². The first-order valence-corrected chi connectivity index (χ1v) is 12.8. The first-order valence-electron chi connectivity index (χ1n) is 12.8. The molecule has 0 aromatic carbocycles. The summed E-state index contributed by atoms with van der Waals surface area (Å²) in [4.78, 5) is 46.8. The zero-order valence-electron chi connectivity index (χ0n) is 26.4. The molecule has 0 spiro atoms. The van der Waals surface area contributed by atoms with Gasteiger partial charge < -0.3 is 33.9 Å². The van der Waals surface area contributed by atoms with Gasteiger partial charge in [0.05, 0.1) is 32.0 Å². The van der Waals surface area contributed by atoms with Crippen molar-refractivity contribution in [3.8, 4) is 0 Å². The number of methoxy groups -OCH3 is 1. The molecule has 0 aromatic rings. The van der Waals surface area contributed by atoms with Gasteiger partial charge in [0, 0.05) is 7.11 Å². The van der Waals surface area contributed by atoms with E-state index < -0.39 is 58.8 Å². The number of ether oxygens (including phenoxy) is 5. The van der Waals surface area contributed by atoms with Gasteiger partial charge in [0.1, 0.15) is 11.2 Å². The Morgan fingerprint density at radius 1 is 0.744 bits per heavy atom. The zero-order chi connectivity index (χ0) is 31.7. The van der Waals surface area contributed by atoms with Crippen LogP contribution in [0.15, 0.2) is 0 Å². The Bertz CT molecular complexity index is 810. The number of Topliss-reactive ketones (excluding diaryl/α,β-unsaturated/α-hetero) is 2. The van der Waals surface area contributed by atoms with Crippen molar-refractivity contribution in [1.29, 1.82) is 0 Å². The highest BCUT2D eigenvalue weighted by Crippen LogP contribution is 2.33. The minimum absolute atomic E-state index is 0.00968. The Morgan fingerprint density at radius 2 is 1.10 bits per heavy atom. The second-order valence-corrected chi connectivity index (χ2v) is 12.9. The third kappa shape index (κ3) is 13.8. The Labute approximate surface area is 233 Å². The van der Waals surface area contributed by atoms with Crippen LogP contribution >= 0.6 is 0 Å². The summed E-state index contributed by atoms with van der Waals surface area (Å²) in [6.07, 6.45) is 0. The number of carbonyl (C=O) groups excluding carboxylic acids is 4. The molecule has 1 saturated heterocycles. The maximum absolute atomic E-state index is 12.2. The summed E-state index contributed by atoms with van der Waals surface area (Å²) in [5.74, 6) is -3.17. The number of hydrogen-bond donors (Lipinski definition) is 2. The molecule has 39 heavy (non-hydrogen) atoms. The topological polar surface area (TPSA) is 155 Å². The van der Waals surface area contributed by atoms with Gasteiger partial charge >= 0.3 is 11.9 Å². The summed E-state index contributed by atoms with van der Waals surface area (Å²) in [7, 11) is 1.71. The zero-order valence-corrected chi connectivity index (χ0v) is 26.4. The van der Waals surface area contributed by atoms with E-state index in [-0.39, 0.29) is 24.6 Å². The normalized spacial score (nSPS) is 16.9. The molecule has 1 rings (SSSR count). The number of aliphatic hydroxyl groups is 2. The quantitative estimate of drug-likeness (QED) is 0.361. The van der Waals surface area contributed by atoms with Crippen molar-refractivity contribution in [3.05, 3.63) is 0 Å². The summed E-state index contributed by atoms with van der Waals surface area (Å²) >= 11 is 0. The lowest BCUT2D eigenvalue weighted by molar-refractivity contribution is -0.280. The van der Waals surface area contributed by atoms with Crippen LogP contribution in [0.5, 0.6) is 0 Å². The Kier molecular flexibility index (Phi) is 14.7. The van der Waals surface area contributed by atoms with Crippen molar-refractivity contribution in [2.75, 3.05) is 33.5 Å². The van der Waals surface area contributed by atoms with Crippen LogP contribution in [0, 0.1) is 10.8 Å². The molecule has 0 unspecified atom stereocenters. The van der Waals surface area contributed by atoms with Crippen LogP contribution in [0.4, 0.5) is 0 Å². The Hall–Kier alpha value is -1.92. The Morgan fingerprint density at radius 3 is 1.33 bits per heavy atom. The van der Waals surface area contributed by atoms with Crippen molar-refractivity contribution < 1.29 is 53.1 Å². The van der Waals surface area contributed by atoms with E-state index in [1.807, 2.05) is 20.8 Å². The second-order valence-electron chi connectivity index (χ2n) is 12.9. The third-order valence-corrected chi connectivity index (χ3v) is 5.41. The van der Waals surface area contributed by atoms with E-state index in [1.54, 1.807) is 62.5 Å². The largest absolute Gasteiger partial charge is 0.459 e. The molecule has 11 nitrogen and oxygen atoms in total. The third-order valence-electron chi connectivity index (χ3n) is 5.41. The molecular weight excluding hydrogens is 512 g/mol. The lowest BCUT2D eigenvalue weighted by atomic mass is 9.84. The second kappa shape index (κ2) is 14.6. The predicted molar refractivity (Wildman–Crippen MR) is 145 cm³/mol. The van der Waals surface area contributed by atoms with Gasteiger partial charge in [0.15, 0.2) is 28.2 Å². The van der Waals surface area contributed by atoms with Crippen molar-refractivity contribution in [1.82, 2.24) is 0 Å². The molecule has 0 saturated carbocycles. The summed E-state index contributed by atoms with van der Waals surface area (Å²) < 4.78 is 26.1. The highest BCUT2D eigenvalue weighted by molar-refractivity contribution is 6.03.